The van der Waals surface area contributed by atoms with Gasteiger partial charge in [0.25, 0.3) is 0 Å². The molecule has 0 radical (unpaired) electrons. The zero-order valence-corrected chi connectivity index (χ0v) is 17.5. The quantitative estimate of drug-likeness (QED) is 0.286. The first-order valence-corrected chi connectivity index (χ1v) is 10.6. The summed E-state index contributed by atoms with van der Waals surface area (Å²) in [6.07, 6.45) is 9.96. The van der Waals surface area contributed by atoms with Gasteiger partial charge in [-0.25, -0.2) is 0 Å². The second-order valence-electron chi connectivity index (χ2n) is 6.88. The molecule has 0 N–H and O–H groups in total. The van der Waals surface area contributed by atoms with Gasteiger partial charge in [0.1, 0.15) is 0 Å². The van der Waals surface area contributed by atoms with E-state index in [4.69, 9.17) is 13.9 Å². The lowest BCUT2D eigenvalue weighted by molar-refractivity contribution is -0.137. The van der Waals surface area contributed by atoms with Crippen LogP contribution in [0.1, 0.15) is 103 Å². The van der Waals surface area contributed by atoms with Gasteiger partial charge >= 0.3 is 11.9 Å². The lowest BCUT2D eigenvalue weighted by atomic mass is 10.1. The normalized spacial score (nSPS) is 10.8. The van der Waals surface area contributed by atoms with Gasteiger partial charge in [-0.1, -0.05) is 66.2 Å². The van der Waals surface area contributed by atoms with Gasteiger partial charge in [-0.15, -0.1) is 0 Å². The molecule has 27 heavy (non-hydrogen) atoms. The first kappa shape index (κ1) is 23.3. The number of hydrogen-bond donors (Lipinski definition) is 0. The molecule has 0 aliphatic rings. The molecule has 1 rings (SSSR count). The number of carbonyl (C=O) groups is 2. The Morgan fingerprint density at radius 2 is 1.07 bits per heavy atom. The molecule has 0 saturated heterocycles. The van der Waals surface area contributed by atoms with Gasteiger partial charge < -0.3 is 13.9 Å². The van der Waals surface area contributed by atoms with E-state index in [0.717, 1.165) is 51.4 Å². The minimum atomic E-state index is -0.301. The lowest BCUT2D eigenvalue weighted by Gasteiger charge is -2.08. The van der Waals surface area contributed by atoms with Crippen LogP contribution in [-0.4, -0.2) is 11.9 Å². The number of ether oxygens (including phenoxy) is 2. The average molecular weight is 381 g/mol. The Labute approximate surface area is 163 Å². The summed E-state index contributed by atoms with van der Waals surface area (Å²) >= 11 is 0. The van der Waals surface area contributed by atoms with Crippen LogP contribution in [0.4, 0.5) is 0 Å². The molecule has 0 aliphatic heterocycles. The van der Waals surface area contributed by atoms with Crippen LogP contribution in [0.3, 0.4) is 0 Å². The molecule has 154 valence electrons. The Bertz CT molecular complexity index is 525. The van der Waals surface area contributed by atoms with Crippen molar-refractivity contribution in [3.63, 3.8) is 0 Å². The summed E-state index contributed by atoms with van der Waals surface area (Å²) in [5.74, 6) is 1.09. The van der Waals surface area contributed by atoms with Crippen molar-refractivity contribution in [2.75, 3.05) is 0 Å². The second-order valence-corrected chi connectivity index (χ2v) is 6.88. The number of carbonyl (C=O) groups excluding carboxylic acids is 2. The molecule has 0 spiro atoms. The van der Waals surface area contributed by atoms with E-state index >= 15 is 0 Å². The Hall–Kier alpha value is -1.78. The Kier molecular flexibility index (Phi) is 11.5. The summed E-state index contributed by atoms with van der Waals surface area (Å²) in [6.45, 7) is 8.11. The van der Waals surface area contributed by atoms with Crippen LogP contribution in [0.25, 0.3) is 0 Å². The number of unbranched alkanes of at least 4 members (excludes halogenated alkanes) is 6. The van der Waals surface area contributed by atoms with E-state index in [2.05, 4.69) is 13.8 Å². The number of rotatable bonds is 14. The van der Waals surface area contributed by atoms with Crippen LogP contribution in [-0.2, 0) is 22.4 Å². The summed E-state index contributed by atoms with van der Waals surface area (Å²) in [5.41, 5.74) is 0. The van der Waals surface area contributed by atoms with Gasteiger partial charge in [0.05, 0.1) is 0 Å². The first-order chi connectivity index (χ1) is 13.1. The van der Waals surface area contributed by atoms with Crippen molar-refractivity contribution in [3.05, 3.63) is 11.5 Å². The van der Waals surface area contributed by atoms with Crippen LogP contribution in [0.5, 0.6) is 11.5 Å². The highest BCUT2D eigenvalue weighted by Gasteiger charge is 2.25. The van der Waals surface area contributed by atoms with Crippen molar-refractivity contribution in [2.45, 2.75) is 105 Å². The summed E-state index contributed by atoms with van der Waals surface area (Å²) in [6, 6.07) is 0. The maximum atomic E-state index is 12.2. The van der Waals surface area contributed by atoms with Crippen molar-refractivity contribution < 1.29 is 23.5 Å². The third-order valence-electron chi connectivity index (χ3n) is 4.50. The Morgan fingerprint density at radius 3 is 1.41 bits per heavy atom. The van der Waals surface area contributed by atoms with Crippen molar-refractivity contribution in [1.82, 2.24) is 0 Å². The molecule has 0 fully saturated rings. The van der Waals surface area contributed by atoms with Crippen LogP contribution in [0, 0.1) is 0 Å². The molecule has 0 bridgehead atoms. The molecular weight excluding hydrogens is 344 g/mol. The number of esters is 2. The van der Waals surface area contributed by atoms with Crippen molar-refractivity contribution in [1.29, 1.82) is 0 Å². The van der Waals surface area contributed by atoms with E-state index in [0.29, 0.717) is 37.2 Å². The van der Waals surface area contributed by atoms with E-state index in [-0.39, 0.29) is 23.4 Å². The predicted molar refractivity (Wildman–Crippen MR) is 106 cm³/mol. The minimum absolute atomic E-state index is 0.289. The first-order valence-electron chi connectivity index (χ1n) is 10.6. The molecule has 0 saturated carbocycles. The maximum absolute atomic E-state index is 12.2. The van der Waals surface area contributed by atoms with Gasteiger partial charge in [-0.2, -0.15) is 0 Å². The van der Waals surface area contributed by atoms with Crippen molar-refractivity contribution >= 4 is 11.9 Å². The molecule has 0 amide bonds. The third kappa shape index (κ3) is 8.19. The molecule has 0 aliphatic carbocycles. The molecule has 1 aromatic heterocycles. The van der Waals surface area contributed by atoms with Gasteiger partial charge in [0, 0.05) is 25.7 Å². The number of aryl methyl sites for hydroxylation is 2. The largest absolute Gasteiger partial charge is 0.458 e. The predicted octanol–water partition coefficient (Wildman–Crippen LogP) is 6.16. The molecule has 0 atom stereocenters. The zero-order chi connectivity index (χ0) is 20.1. The number of hydrogen-bond acceptors (Lipinski definition) is 5. The smallest absolute Gasteiger partial charge is 0.311 e. The summed E-state index contributed by atoms with van der Waals surface area (Å²) in [4.78, 5) is 24.4. The highest BCUT2D eigenvalue weighted by molar-refractivity contribution is 5.77. The minimum Gasteiger partial charge on any atom is -0.458 e. The van der Waals surface area contributed by atoms with Crippen LogP contribution in [0.2, 0.25) is 0 Å². The molecular formula is C22H36O5. The maximum Gasteiger partial charge on any atom is 0.311 e. The van der Waals surface area contributed by atoms with Crippen LogP contribution >= 0.6 is 0 Å². The summed E-state index contributed by atoms with van der Waals surface area (Å²) in [7, 11) is 0. The van der Waals surface area contributed by atoms with E-state index in [1.807, 2.05) is 13.8 Å². The molecule has 0 unspecified atom stereocenters. The summed E-state index contributed by atoms with van der Waals surface area (Å²) < 4.78 is 16.9. The van der Waals surface area contributed by atoms with Gasteiger partial charge in [0.2, 0.25) is 11.5 Å². The third-order valence-corrected chi connectivity index (χ3v) is 4.50. The monoisotopic (exact) mass is 380 g/mol. The van der Waals surface area contributed by atoms with Crippen LogP contribution < -0.4 is 9.47 Å². The van der Waals surface area contributed by atoms with E-state index < -0.39 is 0 Å². The van der Waals surface area contributed by atoms with Gasteiger partial charge in [0.15, 0.2) is 11.5 Å². The highest BCUT2D eigenvalue weighted by Crippen LogP contribution is 2.39. The standard InChI is InChI=1S/C22H36O5/c1-5-9-11-13-15-19(23)26-21-17(7-3)25-18(8-4)22(21)27-20(24)16-14-12-10-6-2/h5-16H2,1-4H3. The fourth-order valence-electron chi connectivity index (χ4n) is 2.89. The second kappa shape index (κ2) is 13.4. The average Bonchev–Trinajstić information content (AvgIpc) is 2.99. The van der Waals surface area contributed by atoms with Crippen molar-refractivity contribution in [3.8, 4) is 11.5 Å². The van der Waals surface area contributed by atoms with Crippen LogP contribution in [0.15, 0.2) is 4.42 Å². The highest BCUT2D eigenvalue weighted by atomic mass is 16.6. The SMILES string of the molecule is CCCCCCC(=O)Oc1c(CC)oc(CC)c1OC(=O)CCCCCC. The summed E-state index contributed by atoms with van der Waals surface area (Å²) in [5, 5.41) is 0. The van der Waals surface area contributed by atoms with E-state index in [9.17, 15) is 9.59 Å². The molecule has 0 aromatic carbocycles. The molecule has 1 heterocycles. The Morgan fingerprint density at radius 1 is 0.667 bits per heavy atom. The molecule has 1 aromatic rings. The molecule has 5 nitrogen and oxygen atoms in total. The Balaban J connectivity index is 2.78. The van der Waals surface area contributed by atoms with Gasteiger partial charge in [-0.05, 0) is 12.8 Å². The van der Waals surface area contributed by atoms with Crippen molar-refractivity contribution in [2.24, 2.45) is 0 Å². The zero-order valence-electron chi connectivity index (χ0n) is 17.5. The fraction of sp³-hybridized carbons (Fsp3) is 0.727. The van der Waals surface area contributed by atoms with E-state index in [1.54, 1.807) is 0 Å². The lowest BCUT2D eigenvalue weighted by Crippen LogP contribution is -2.12. The van der Waals surface area contributed by atoms with Gasteiger partial charge in [-0.3, -0.25) is 9.59 Å². The fourth-order valence-corrected chi connectivity index (χ4v) is 2.89. The topological polar surface area (TPSA) is 65.7 Å². The number of furan rings is 1. The molecule has 5 heteroatoms. The van der Waals surface area contributed by atoms with E-state index in [1.165, 1.54) is 0 Å².